The molecule has 1 aliphatic carbocycles. The molecule has 1 N–H and O–H groups in total. The molecular weight excluding hydrogens is 302 g/mol. The summed E-state index contributed by atoms with van der Waals surface area (Å²) in [6, 6.07) is 5.09. The Labute approximate surface area is 136 Å². The average molecular weight is 324 g/mol. The van der Waals surface area contributed by atoms with Gasteiger partial charge in [-0.05, 0) is 36.0 Å². The normalized spacial score (nSPS) is 29.0. The van der Waals surface area contributed by atoms with E-state index < -0.39 is 0 Å². The van der Waals surface area contributed by atoms with Gasteiger partial charge in [0.1, 0.15) is 5.75 Å². The second-order valence-electron chi connectivity index (χ2n) is 7.27. The van der Waals surface area contributed by atoms with Crippen molar-refractivity contribution in [2.75, 3.05) is 26.8 Å². The Hall–Kier alpha value is -1.26. The maximum atomic E-state index is 12.8. The summed E-state index contributed by atoms with van der Waals surface area (Å²) in [5.41, 5.74) is 0.652. The van der Waals surface area contributed by atoms with Gasteiger partial charge < -0.3 is 14.7 Å². The molecular formula is C17H22ClNO3. The van der Waals surface area contributed by atoms with Crippen molar-refractivity contribution < 1.29 is 14.6 Å². The highest BCUT2D eigenvalue weighted by molar-refractivity contribution is 6.32. The molecule has 0 bridgehead atoms. The number of ether oxygens (including phenoxy) is 1. The molecule has 1 aromatic carbocycles. The van der Waals surface area contributed by atoms with Gasteiger partial charge in [0.05, 0.1) is 18.7 Å². The lowest BCUT2D eigenvalue weighted by atomic mass is 9.48. The van der Waals surface area contributed by atoms with Crippen molar-refractivity contribution >= 4 is 17.5 Å². The van der Waals surface area contributed by atoms with Gasteiger partial charge in [-0.3, -0.25) is 4.79 Å². The minimum absolute atomic E-state index is 0.0204. The number of hydrogen-bond acceptors (Lipinski definition) is 3. The lowest BCUT2D eigenvalue weighted by Gasteiger charge is -2.55. The van der Waals surface area contributed by atoms with Crippen molar-refractivity contribution in [1.82, 2.24) is 4.90 Å². The molecule has 0 unspecified atom stereocenters. The topological polar surface area (TPSA) is 49.8 Å². The molecule has 2 aliphatic rings. The van der Waals surface area contributed by atoms with Crippen molar-refractivity contribution in [3.63, 3.8) is 0 Å². The molecule has 1 saturated carbocycles. The summed E-state index contributed by atoms with van der Waals surface area (Å²) >= 11 is 6.02. The molecule has 1 heterocycles. The predicted octanol–water partition coefficient (Wildman–Crippen LogP) is 2.83. The SMILES string of the molecule is COc1cc(C(=O)N2C[C@@H]3C(C)(C)C[C@]3(CO)C2)ccc1Cl. The van der Waals surface area contributed by atoms with Crippen molar-refractivity contribution in [3.05, 3.63) is 28.8 Å². The zero-order valence-corrected chi connectivity index (χ0v) is 14.0. The first-order valence-corrected chi connectivity index (χ1v) is 7.94. The number of amides is 1. The largest absolute Gasteiger partial charge is 0.495 e. The average Bonchev–Trinajstić information content (AvgIpc) is 2.82. The molecule has 120 valence electrons. The summed E-state index contributed by atoms with van der Waals surface area (Å²) in [7, 11) is 1.54. The number of nitrogens with zero attached hydrogens (tertiary/aromatic N) is 1. The maximum absolute atomic E-state index is 12.8. The molecule has 22 heavy (non-hydrogen) atoms. The van der Waals surface area contributed by atoms with E-state index in [9.17, 15) is 9.90 Å². The number of carbonyl (C=O) groups excluding carboxylic acids is 1. The van der Waals surface area contributed by atoms with E-state index in [1.54, 1.807) is 18.2 Å². The first-order valence-electron chi connectivity index (χ1n) is 7.57. The molecule has 1 saturated heterocycles. The van der Waals surface area contributed by atoms with Gasteiger partial charge in [-0.15, -0.1) is 0 Å². The Morgan fingerprint density at radius 3 is 2.77 bits per heavy atom. The number of methoxy groups -OCH3 is 1. The highest BCUT2D eigenvalue weighted by Gasteiger charge is 2.63. The van der Waals surface area contributed by atoms with Gasteiger partial charge in [-0.2, -0.15) is 0 Å². The van der Waals surface area contributed by atoms with Gasteiger partial charge in [0.15, 0.2) is 0 Å². The molecule has 0 spiro atoms. The van der Waals surface area contributed by atoms with E-state index in [1.807, 2.05) is 4.90 Å². The van der Waals surface area contributed by atoms with Crippen LogP contribution in [0.3, 0.4) is 0 Å². The number of aliphatic hydroxyl groups excluding tert-OH is 1. The predicted molar refractivity (Wildman–Crippen MR) is 85.3 cm³/mol. The standard InChI is InChI=1S/C17H22ClNO3/c1-16(2)8-17(10-20)9-19(7-14(16)17)15(21)11-4-5-12(18)13(6-11)22-3/h4-6,14,20H,7-10H2,1-3H3/t14-,17-/m1/s1. The molecule has 1 amide bonds. The number of benzene rings is 1. The van der Waals surface area contributed by atoms with Crippen LogP contribution in [0.25, 0.3) is 0 Å². The van der Waals surface area contributed by atoms with E-state index in [-0.39, 0.29) is 23.3 Å². The monoisotopic (exact) mass is 323 g/mol. The highest BCUT2D eigenvalue weighted by Crippen LogP contribution is 2.62. The zero-order valence-electron chi connectivity index (χ0n) is 13.2. The number of fused-ring (bicyclic) bond motifs is 1. The van der Waals surface area contributed by atoms with Gasteiger partial charge in [-0.1, -0.05) is 25.4 Å². The van der Waals surface area contributed by atoms with Crippen LogP contribution in [0.1, 0.15) is 30.6 Å². The van der Waals surface area contributed by atoms with Crippen LogP contribution >= 0.6 is 11.6 Å². The smallest absolute Gasteiger partial charge is 0.254 e. The van der Waals surface area contributed by atoms with Gasteiger partial charge in [0.25, 0.3) is 5.91 Å². The minimum Gasteiger partial charge on any atom is -0.495 e. The zero-order chi connectivity index (χ0) is 16.1. The molecule has 1 aliphatic heterocycles. The fourth-order valence-electron chi connectivity index (χ4n) is 4.47. The summed E-state index contributed by atoms with van der Waals surface area (Å²) in [6.07, 6.45) is 0.967. The van der Waals surface area contributed by atoms with Gasteiger partial charge in [-0.25, -0.2) is 0 Å². The van der Waals surface area contributed by atoms with Gasteiger partial charge >= 0.3 is 0 Å². The van der Waals surface area contributed by atoms with Crippen LogP contribution in [0, 0.1) is 16.7 Å². The molecule has 0 aromatic heterocycles. The van der Waals surface area contributed by atoms with Gasteiger partial charge in [0, 0.05) is 24.1 Å². The van der Waals surface area contributed by atoms with E-state index in [1.165, 1.54) is 7.11 Å². The van der Waals surface area contributed by atoms with Crippen LogP contribution in [0.4, 0.5) is 0 Å². The molecule has 4 nitrogen and oxygen atoms in total. The molecule has 5 heteroatoms. The second kappa shape index (κ2) is 5.14. The number of carbonyl (C=O) groups is 1. The summed E-state index contributed by atoms with van der Waals surface area (Å²) in [5, 5.41) is 10.3. The molecule has 1 aromatic rings. The van der Waals surface area contributed by atoms with E-state index in [4.69, 9.17) is 16.3 Å². The first kappa shape index (κ1) is 15.6. The van der Waals surface area contributed by atoms with Crippen molar-refractivity contribution in [1.29, 1.82) is 0 Å². The van der Waals surface area contributed by atoms with Crippen molar-refractivity contribution in [2.24, 2.45) is 16.7 Å². The van der Waals surface area contributed by atoms with Crippen molar-refractivity contribution in [2.45, 2.75) is 20.3 Å². The van der Waals surface area contributed by atoms with Crippen molar-refractivity contribution in [3.8, 4) is 5.75 Å². The summed E-state index contributed by atoms with van der Waals surface area (Å²) in [4.78, 5) is 14.6. The van der Waals surface area contributed by atoms with E-state index in [2.05, 4.69) is 13.8 Å². The van der Waals surface area contributed by atoms with E-state index in [0.717, 1.165) is 6.42 Å². The number of hydrogen-bond donors (Lipinski definition) is 1. The van der Waals surface area contributed by atoms with Crippen LogP contribution < -0.4 is 4.74 Å². The fraction of sp³-hybridized carbons (Fsp3) is 0.588. The molecule has 2 fully saturated rings. The highest BCUT2D eigenvalue weighted by atomic mass is 35.5. The molecule has 0 radical (unpaired) electrons. The summed E-state index contributed by atoms with van der Waals surface area (Å²) in [6.45, 7) is 5.91. The third-order valence-electron chi connectivity index (χ3n) is 5.40. The number of aliphatic hydroxyl groups is 1. The molecule has 3 rings (SSSR count). The Kier molecular flexibility index (Phi) is 3.65. The van der Waals surface area contributed by atoms with E-state index >= 15 is 0 Å². The van der Waals surface area contributed by atoms with Crippen LogP contribution in [0.2, 0.25) is 5.02 Å². The van der Waals surface area contributed by atoms with Crippen LogP contribution in [0.15, 0.2) is 18.2 Å². The summed E-state index contributed by atoms with van der Waals surface area (Å²) in [5.74, 6) is 0.850. The van der Waals surface area contributed by atoms with E-state index in [0.29, 0.717) is 35.3 Å². The van der Waals surface area contributed by atoms with Crippen LogP contribution in [0.5, 0.6) is 5.75 Å². The van der Waals surface area contributed by atoms with Crippen LogP contribution in [-0.4, -0.2) is 42.7 Å². The number of halogens is 1. The maximum Gasteiger partial charge on any atom is 0.254 e. The van der Waals surface area contributed by atoms with Crippen LogP contribution in [-0.2, 0) is 0 Å². The third kappa shape index (κ3) is 2.20. The number of likely N-dealkylation sites (tertiary alicyclic amines) is 1. The first-order chi connectivity index (χ1) is 10.3. The Bertz CT molecular complexity index is 616. The Morgan fingerprint density at radius 2 is 2.23 bits per heavy atom. The minimum atomic E-state index is -0.115. The lowest BCUT2D eigenvalue weighted by molar-refractivity contribution is -0.0976. The fourth-order valence-corrected chi connectivity index (χ4v) is 4.66. The number of rotatable bonds is 3. The Morgan fingerprint density at radius 1 is 1.50 bits per heavy atom. The van der Waals surface area contributed by atoms with Gasteiger partial charge in [0.2, 0.25) is 0 Å². The summed E-state index contributed by atoms with van der Waals surface area (Å²) < 4.78 is 5.18. The quantitative estimate of drug-likeness (QED) is 0.930. The Balaban J connectivity index is 1.83. The molecule has 2 atom stereocenters. The second-order valence-corrected chi connectivity index (χ2v) is 7.68. The third-order valence-corrected chi connectivity index (χ3v) is 5.71. The lowest BCUT2D eigenvalue weighted by Crippen LogP contribution is -2.54.